The van der Waals surface area contributed by atoms with Crippen LogP contribution in [0.2, 0.25) is 0 Å². The van der Waals surface area contributed by atoms with E-state index in [1.807, 2.05) is 6.92 Å². The number of hydrogen-bond acceptors (Lipinski definition) is 3. The smallest absolute Gasteiger partial charge is 0.261 e. The molecule has 0 aliphatic carbocycles. The first kappa shape index (κ1) is 12.1. The normalized spacial score (nSPS) is 13.4. The summed E-state index contributed by atoms with van der Waals surface area (Å²) in [6.07, 6.45) is 0.864. The first-order valence-corrected chi connectivity index (χ1v) is 4.72. The van der Waals surface area contributed by atoms with E-state index < -0.39 is 13.0 Å². The lowest BCUT2D eigenvalue weighted by Gasteiger charge is -2.10. The Labute approximate surface area is 87.0 Å². The van der Waals surface area contributed by atoms with E-state index in [9.17, 15) is 8.78 Å². The molecular weight excluding hydrogens is 204 g/mol. The SMILES string of the molecule is C[C@@H](N)c1cncn1CCOCC(F)F. The van der Waals surface area contributed by atoms with Crippen molar-refractivity contribution >= 4 is 0 Å². The van der Waals surface area contributed by atoms with Gasteiger partial charge in [-0.2, -0.15) is 0 Å². The van der Waals surface area contributed by atoms with Gasteiger partial charge in [0.15, 0.2) is 0 Å². The summed E-state index contributed by atoms with van der Waals surface area (Å²) in [7, 11) is 0. The van der Waals surface area contributed by atoms with Gasteiger partial charge in [0.2, 0.25) is 0 Å². The molecule has 0 aliphatic heterocycles. The Morgan fingerprint density at radius 3 is 2.93 bits per heavy atom. The average Bonchev–Trinajstić information content (AvgIpc) is 2.60. The molecule has 0 spiro atoms. The largest absolute Gasteiger partial charge is 0.374 e. The fourth-order valence-corrected chi connectivity index (χ4v) is 1.23. The molecule has 0 bridgehead atoms. The molecule has 0 unspecified atom stereocenters. The second-order valence-electron chi connectivity index (χ2n) is 3.27. The fourth-order valence-electron chi connectivity index (χ4n) is 1.23. The lowest BCUT2D eigenvalue weighted by molar-refractivity contribution is 0.0145. The molecule has 15 heavy (non-hydrogen) atoms. The van der Waals surface area contributed by atoms with Gasteiger partial charge in [-0.25, -0.2) is 13.8 Å². The Hall–Kier alpha value is -1.01. The van der Waals surface area contributed by atoms with Gasteiger partial charge in [0.1, 0.15) is 6.61 Å². The summed E-state index contributed by atoms with van der Waals surface area (Å²) in [6.45, 7) is 2.04. The van der Waals surface area contributed by atoms with Crippen LogP contribution in [0.15, 0.2) is 12.5 Å². The number of halogens is 2. The molecule has 1 rings (SSSR count). The van der Waals surface area contributed by atoms with E-state index in [0.717, 1.165) is 5.69 Å². The lowest BCUT2D eigenvalue weighted by atomic mass is 10.3. The van der Waals surface area contributed by atoms with Gasteiger partial charge in [-0.3, -0.25) is 0 Å². The van der Waals surface area contributed by atoms with E-state index in [-0.39, 0.29) is 12.6 Å². The van der Waals surface area contributed by atoms with Gasteiger partial charge in [-0.05, 0) is 6.92 Å². The minimum Gasteiger partial charge on any atom is -0.374 e. The van der Waals surface area contributed by atoms with Crippen molar-refractivity contribution in [1.29, 1.82) is 0 Å². The quantitative estimate of drug-likeness (QED) is 0.731. The molecule has 4 nitrogen and oxygen atoms in total. The van der Waals surface area contributed by atoms with Crippen LogP contribution in [0.3, 0.4) is 0 Å². The highest BCUT2D eigenvalue weighted by Gasteiger charge is 2.06. The molecule has 6 heteroatoms. The molecule has 1 heterocycles. The van der Waals surface area contributed by atoms with Crippen molar-refractivity contribution in [3.8, 4) is 0 Å². The maximum Gasteiger partial charge on any atom is 0.261 e. The van der Waals surface area contributed by atoms with Gasteiger partial charge >= 0.3 is 0 Å². The average molecular weight is 219 g/mol. The molecule has 1 aromatic rings. The number of alkyl halides is 2. The second-order valence-corrected chi connectivity index (χ2v) is 3.27. The highest BCUT2D eigenvalue weighted by Crippen LogP contribution is 2.08. The summed E-state index contributed by atoms with van der Waals surface area (Å²) in [6, 6.07) is -0.123. The van der Waals surface area contributed by atoms with E-state index in [1.165, 1.54) is 0 Å². The molecule has 86 valence electrons. The van der Waals surface area contributed by atoms with Crippen LogP contribution in [0, 0.1) is 0 Å². The monoisotopic (exact) mass is 219 g/mol. The summed E-state index contributed by atoms with van der Waals surface area (Å²) >= 11 is 0. The number of hydrogen-bond donors (Lipinski definition) is 1. The molecular formula is C9H15F2N3O. The van der Waals surface area contributed by atoms with Crippen LogP contribution in [0.25, 0.3) is 0 Å². The van der Waals surface area contributed by atoms with E-state index in [4.69, 9.17) is 10.5 Å². The Balaban J connectivity index is 2.34. The molecule has 0 saturated carbocycles. The Bertz CT molecular complexity index is 289. The molecule has 0 fully saturated rings. The molecule has 0 saturated heterocycles. The number of aromatic nitrogens is 2. The number of imidazole rings is 1. The second kappa shape index (κ2) is 5.77. The van der Waals surface area contributed by atoms with Crippen LogP contribution < -0.4 is 5.73 Å². The third kappa shape index (κ3) is 3.93. The summed E-state index contributed by atoms with van der Waals surface area (Å²) in [5.74, 6) is 0. The van der Waals surface area contributed by atoms with Gasteiger partial charge in [-0.1, -0.05) is 0 Å². The third-order valence-corrected chi connectivity index (χ3v) is 1.93. The van der Waals surface area contributed by atoms with E-state index in [2.05, 4.69) is 4.98 Å². The number of rotatable bonds is 6. The van der Waals surface area contributed by atoms with Crippen molar-refractivity contribution in [2.45, 2.75) is 25.9 Å². The topological polar surface area (TPSA) is 53.1 Å². The first-order chi connectivity index (χ1) is 7.11. The summed E-state index contributed by atoms with van der Waals surface area (Å²) in [5, 5.41) is 0. The summed E-state index contributed by atoms with van der Waals surface area (Å²) in [4.78, 5) is 3.94. The van der Waals surface area contributed by atoms with Crippen molar-refractivity contribution in [2.24, 2.45) is 5.73 Å². The van der Waals surface area contributed by atoms with E-state index in [0.29, 0.717) is 6.54 Å². The first-order valence-electron chi connectivity index (χ1n) is 4.72. The summed E-state index contributed by atoms with van der Waals surface area (Å²) in [5.41, 5.74) is 6.56. The van der Waals surface area contributed by atoms with Gasteiger partial charge in [-0.15, -0.1) is 0 Å². The van der Waals surface area contributed by atoms with Gasteiger partial charge in [0.25, 0.3) is 6.43 Å². The Morgan fingerprint density at radius 2 is 2.33 bits per heavy atom. The molecule has 0 aromatic carbocycles. The van der Waals surface area contributed by atoms with Crippen molar-refractivity contribution in [2.75, 3.05) is 13.2 Å². The minimum atomic E-state index is -2.42. The maximum atomic E-state index is 11.7. The van der Waals surface area contributed by atoms with Crippen LogP contribution in [0.5, 0.6) is 0 Å². The van der Waals surface area contributed by atoms with Gasteiger partial charge in [0.05, 0.1) is 18.6 Å². The number of nitrogens with two attached hydrogens (primary N) is 1. The maximum absolute atomic E-state index is 11.7. The summed E-state index contributed by atoms with van der Waals surface area (Å²) < 4.78 is 30.1. The van der Waals surface area contributed by atoms with Crippen molar-refractivity contribution in [3.05, 3.63) is 18.2 Å². The predicted octanol–water partition coefficient (Wildman–Crippen LogP) is 1.18. The molecule has 0 radical (unpaired) electrons. The van der Waals surface area contributed by atoms with Crippen molar-refractivity contribution < 1.29 is 13.5 Å². The molecule has 0 amide bonds. The highest BCUT2D eigenvalue weighted by molar-refractivity contribution is 5.02. The van der Waals surface area contributed by atoms with Crippen LogP contribution >= 0.6 is 0 Å². The highest BCUT2D eigenvalue weighted by atomic mass is 19.3. The molecule has 1 aromatic heterocycles. The van der Waals surface area contributed by atoms with Crippen LogP contribution in [-0.4, -0.2) is 29.2 Å². The Kier molecular flexibility index (Phi) is 4.64. The Morgan fingerprint density at radius 1 is 1.60 bits per heavy atom. The standard InChI is InChI=1S/C9H15F2N3O/c1-7(12)8-4-13-6-14(8)2-3-15-5-9(10)11/h4,6-7,9H,2-3,5,12H2,1H3/t7-/m1/s1. The zero-order valence-corrected chi connectivity index (χ0v) is 8.57. The predicted molar refractivity (Wildman–Crippen MR) is 51.7 cm³/mol. The zero-order valence-electron chi connectivity index (χ0n) is 8.57. The fraction of sp³-hybridized carbons (Fsp3) is 0.667. The van der Waals surface area contributed by atoms with Gasteiger partial charge < -0.3 is 15.0 Å². The minimum absolute atomic E-state index is 0.123. The molecule has 2 N–H and O–H groups in total. The number of ether oxygens (including phenoxy) is 1. The van der Waals surface area contributed by atoms with Crippen molar-refractivity contribution in [3.63, 3.8) is 0 Å². The van der Waals surface area contributed by atoms with Gasteiger partial charge in [0, 0.05) is 18.8 Å². The van der Waals surface area contributed by atoms with Crippen LogP contribution in [-0.2, 0) is 11.3 Å². The van der Waals surface area contributed by atoms with E-state index >= 15 is 0 Å². The number of nitrogens with zero attached hydrogens (tertiary/aromatic N) is 2. The lowest BCUT2D eigenvalue weighted by Crippen LogP contribution is -2.15. The van der Waals surface area contributed by atoms with Crippen LogP contribution in [0.4, 0.5) is 8.78 Å². The van der Waals surface area contributed by atoms with Crippen LogP contribution in [0.1, 0.15) is 18.7 Å². The zero-order chi connectivity index (χ0) is 11.3. The van der Waals surface area contributed by atoms with E-state index in [1.54, 1.807) is 17.1 Å². The van der Waals surface area contributed by atoms with Crippen molar-refractivity contribution in [1.82, 2.24) is 9.55 Å². The molecule has 1 atom stereocenters. The molecule has 0 aliphatic rings. The third-order valence-electron chi connectivity index (χ3n) is 1.93.